The van der Waals surface area contributed by atoms with Crippen LogP contribution in [0.15, 0.2) is 42.5 Å². The Labute approximate surface area is 191 Å². The SMILES string of the molecule is CC[N+](CC)(CC(=O)OCc1ccccc1)C1(C(=O)Nc2c(C)cc(OC)cc2C)CC1. The van der Waals surface area contributed by atoms with Gasteiger partial charge in [0.05, 0.1) is 20.2 Å². The lowest BCUT2D eigenvalue weighted by Gasteiger charge is -2.42. The summed E-state index contributed by atoms with van der Waals surface area (Å²) < 4.78 is 11.3. The molecule has 172 valence electrons. The van der Waals surface area contributed by atoms with Crippen LogP contribution < -0.4 is 10.1 Å². The summed E-state index contributed by atoms with van der Waals surface area (Å²) in [5.74, 6) is 0.481. The molecular weight excluding hydrogens is 404 g/mol. The fourth-order valence-electron chi connectivity index (χ4n) is 4.74. The summed E-state index contributed by atoms with van der Waals surface area (Å²) in [4.78, 5) is 26.4. The Morgan fingerprint density at radius 2 is 1.62 bits per heavy atom. The smallest absolute Gasteiger partial charge is 0.362 e. The van der Waals surface area contributed by atoms with Crippen LogP contribution in [-0.4, -0.2) is 48.6 Å². The van der Waals surface area contributed by atoms with Crippen molar-refractivity contribution in [2.24, 2.45) is 0 Å². The number of rotatable bonds is 10. The predicted molar refractivity (Wildman–Crippen MR) is 126 cm³/mol. The first-order valence-corrected chi connectivity index (χ1v) is 11.3. The van der Waals surface area contributed by atoms with Crippen LogP contribution >= 0.6 is 0 Å². The molecule has 1 aliphatic carbocycles. The summed E-state index contributed by atoms with van der Waals surface area (Å²) in [7, 11) is 1.64. The van der Waals surface area contributed by atoms with E-state index in [-0.39, 0.29) is 25.0 Å². The van der Waals surface area contributed by atoms with Gasteiger partial charge in [0.15, 0.2) is 12.1 Å². The molecule has 6 nitrogen and oxygen atoms in total. The number of esters is 1. The molecule has 0 bridgehead atoms. The molecule has 6 heteroatoms. The number of ether oxygens (including phenoxy) is 2. The maximum Gasteiger partial charge on any atom is 0.362 e. The number of quaternary nitrogens is 1. The van der Waals surface area contributed by atoms with Gasteiger partial charge in [-0.2, -0.15) is 0 Å². The van der Waals surface area contributed by atoms with Crippen LogP contribution in [0.1, 0.15) is 43.4 Å². The minimum Gasteiger partial charge on any atom is -0.497 e. The summed E-state index contributed by atoms with van der Waals surface area (Å²) in [5.41, 5.74) is 3.09. The zero-order valence-electron chi connectivity index (χ0n) is 19.9. The number of methoxy groups -OCH3 is 1. The summed E-state index contributed by atoms with van der Waals surface area (Å²) in [6, 6.07) is 13.5. The fraction of sp³-hybridized carbons (Fsp3) is 0.462. The minimum absolute atomic E-state index is 0.0200. The van der Waals surface area contributed by atoms with Crippen LogP contribution in [0.4, 0.5) is 5.69 Å². The Bertz CT molecular complexity index is 940. The minimum atomic E-state index is -0.603. The van der Waals surface area contributed by atoms with E-state index in [4.69, 9.17) is 9.47 Å². The number of anilines is 1. The molecular formula is C26H35N2O4+. The second kappa shape index (κ2) is 9.74. The Hall–Kier alpha value is -2.86. The lowest BCUT2D eigenvalue weighted by Crippen LogP contribution is -2.64. The summed E-state index contributed by atoms with van der Waals surface area (Å²) in [6.07, 6.45) is 1.53. The van der Waals surface area contributed by atoms with Crippen molar-refractivity contribution in [3.05, 3.63) is 59.2 Å². The third-order valence-corrected chi connectivity index (χ3v) is 6.92. The van der Waals surface area contributed by atoms with Gasteiger partial charge < -0.3 is 19.3 Å². The monoisotopic (exact) mass is 439 g/mol. The van der Waals surface area contributed by atoms with Gasteiger partial charge in [0.2, 0.25) is 0 Å². The zero-order chi connectivity index (χ0) is 23.4. The number of aryl methyl sites for hydroxylation is 2. The Balaban J connectivity index is 1.76. The van der Waals surface area contributed by atoms with Crippen molar-refractivity contribution >= 4 is 17.6 Å². The van der Waals surface area contributed by atoms with Gasteiger partial charge in [-0.15, -0.1) is 0 Å². The molecule has 1 aliphatic rings. The van der Waals surface area contributed by atoms with Crippen molar-refractivity contribution in [3.63, 3.8) is 0 Å². The molecule has 1 N–H and O–H groups in total. The number of nitrogens with zero attached hydrogens (tertiary/aromatic N) is 1. The Morgan fingerprint density at radius 1 is 1.03 bits per heavy atom. The van der Waals surface area contributed by atoms with E-state index >= 15 is 0 Å². The highest BCUT2D eigenvalue weighted by molar-refractivity contribution is 6.00. The summed E-state index contributed by atoms with van der Waals surface area (Å²) in [5, 5.41) is 3.18. The molecule has 0 heterocycles. The van der Waals surface area contributed by atoms with Crippen molar-refractivity contribution in [2.45, 2.75) is 52.7 Å². The van der Waals surface area contributed by atoms with Gasteiger partial charge >= 0.3 is 5.97 Å². The molecule has 3 rings (SSSR count). The zero-order valence-corrected chi connectivity index (χ0v) is 19.9. The molecule has 0 saturated heterocycles. The first-order valence-electron chi connectivity index (χ1n) is 11.3. The molecule has 0 unspecified atom stereocenters. The van der Waals surface area contributed by atoms with Crippen molar-refractivity contribution < 1.29 is 23.5 Å². The number of hydrogen-bond acceptors (Lipinski definition) is 4. The number of amides is 1. The molecule has 2 aromatic carbocycles. The van der Waals surface area contributed by atoms with Crippen molar-refractivity contribution in [1.82, 2.24) is 0 Å². The van der Waals surface area contributed by atoms with E-state index in [1.54, 1.807) is 7.11 Å². The van der Waals surface area contributed by atoms with Gasteiger partial charge in [-0.3, -0.25) is 4.79 Å². The molecule has 1 amide bonds. The average Bonchev–Trinajstić information content (AvgIpc) is 3.61. The van der Waals surface area contributed by atoms with Gasteiger partial charge in [0.25, 0.3) is 5.91 Å². The normalized spacial score (nSPS) is 14.5. The first kappa shape index (κ1) is 23.8. The Morgan fingerprint density at radius 3 is 2.12 bits per heavy atom. The lowest BCUT2D eigenvalue weighted by atomic mass is 10.1. The molecule has 32 heavy (non-hydrogen) atoms. The lowest BCUT2D eigenvalue weighted by molar-refractivity contribution is -0.942. The number of nitrogens with one attached hydrogen (secondary N) is 1. The third kappa shape index (κ3) is 4.65. The van der Waals surface area contributed by atoms with Gasteiger partial charge in [-0.05, 0) is 56.5 Å². The van der Waals surface area contributed by atoms with E-state index in [1.165, 1.54) is 0 Å². The van der Waals surface area contributed by atoms with E-state index in [9.17, 15) is 9.59 Å². The maximum absolute atomic E-state index is 13.6. The fourth-order valence-corrected chi connectivity index (χ4v) is 4.74. The van der Waals surface area contributed by atoms with Crippen LogP contribution in [0.2, 0.25) is 0 Å². The van der Waals surface area contributed by atoms with Crippen LogP contribution in [0.25, 0.3) is 0 Å². The van der Waals surface area contributed by atoms with Crippen LogP contribution in [0.5, 0.6) is 5.75 Å². The van der Waals surface area contributed by atoms with Crippen LogP contribution in [0, 0.1) is 13.8 Å². The van der Waals surface area contributed by atoms with Crippen LogP contribution in [-0.2, 0) is 20.9 Å². The van der Waals surface area contributed by atoms with Gasteiger partial charge in [-0.25, -0.2) is 4.79 Å². The van der Waals surface area contributed by atoms with E-state index in [0.717, 1.165) is 41.0 Å². The second-order valence-corrected chi connectivity index (χ2v) is 8.70. The first-order chi connectivity index (χ1) is 15.3. The number of hydrogen-bond donors (Lipinski definition) is 1. The van der Waals surface area contributed by atoms with Crippen molar-refractivity contribution in [2.75, 3.05) is 32.1 Å². The molecule has 0 atom stereocenters. The highest BCUT2D eigenvalue weighted by Gasteiger charge is 2.65. The maximum atomic E-state index is 13.6. The number of carbonyl (C=O) groups is 2. The predicted octanol–water partition coefficient (Wildman–Crippen LogP) is 4.38. The Kier molecular flexibility index (Phi) is 7.24. The average molecular weight is 440 g/mol. The molecule has 1 saturated carbocycles. The summed E-state index contributed by atoms with van der Waals surface area (Å²) >= 11 is 0. The summed E-state index contributed by atoms with van der Waals surface area (Å²) in [6.45, 7) is 9.83. The van der Waals surface area contributed by atoms with Gasteiger partial charge in [0.1, 0.15) is 12.4 Å². The van der Waals surface area contributed by atoms with Crippen molar-refractivity contribution in [3.8, 4) is 5.75 Å². The second-order valence-electron chi connectivity index (χ2n) is 8.70. The van der Waals surface area contributed by atoms with E-state index < -0.39 is 5.54 Å². The highest BCUT2D eigenvalue weighted by Crippen LogP contribution is 2.48. The van der Waals surface area contributed by atoms with Crippen molar-refractivity contribution in [1.29, 1.82) is 0 Å². The molecule has 0 aliphatic heterocycles. The van der Waals surface area contributed by atoms with Gasteiger partial charge in [0, 0.05) is 18.5 Å². The number of carbonyl (C=O) groups excluding carboxylic acids is 2. The van der Waals surface area contributed by atoms with E-state index in [0.29, 0.717) is 17.6 Å². The van der Waals surface area contributed by atoms with Crippen LogP contribution in [0.3, 0.4) is 0 Å². The largest absolute Gasteiger partial charge is 0.497 e. The number of likely N-dealkylation sites (N-methyl/N-ethyl adjacent to an activating group) is 1. The standard InChI is InChI=1S/C26H34N2O4/c1-6-28(7-2,17-23(29)32-18-21-11-9-8-10-12-21)26(13-14-26)25(30)27-24-19(3)15-22(31-5)16-20(24)4/h8-12,15-16H,6-7,13-14,17-18H2,1-5H3/p+1. The number of benzene rings is 2. The molecule has 2 aromatic rings. The quantitative estimate of drug-likeness (QED) is 0.441. The molecule has 0 spiro atoms. The molecule has 1 fully saturated rings. The molecule has 0 radical (unpaired) electrons. The third-order valence-electron chi connectivity index (χ3n) is 6.92. The van der Waals surface area contributed by atoms with E-state index in [1.807, 2.05) is 70.2 Å². The molecule has 0 aromatic heterocycles. The topological polar surface area (TPSA) is 64.6 Å². The van der Waals surface area contributed by atoms with E-state index in [2.05, 4.69) is 5.32 Å². The highest BCUT2D eigenvalue weighted by atomic mass is 16.5. The van der Waals surface area contributed by atoms with Gasteiger partial charge in [-0.1, -0.05) is 30.3 Å².